The van der Waals surface area contributed by atoms with E-state index in [0.29, 0.717) is 0 Å². The van der Waals surface area contributed by atoms with Gasteiger partial charge in [0.25, 0.3) is 0 Å². The third-order valence-electron chi connectivity index (χ3n) is 9.65. The molecule has 0 amide bonds. The molecule has 0 unspecified atom stereocenters. The van der Waals surface area contributed by atoms with Gasteiger partial charge in [-0.05, 0) is 108 Å². The molecule has 0 atom stereocenters. The molecule has 0 N–H and O–H groups in total. The fraction of sp³-hybridized carbons (Fsp3) is 0.0208. The lowest BCUT2D eigenvalue weighted by molar-refractivity contribution is 1.08. The number of benzene rings is 6. The summed E-state index contributed by atoms with van der Waals surface area (Å²) in [4.78, 5) is 17.0. The Bertz CT molecular complexity index is 2590. The zero-order valence-electron chi connectivity index (χ0n) is 29.2. The molecule has 3 aromatic heterocycles. The summed E-state index contributed by atoms with van der Waals surface area (Å²) in [6.45, 7) is 2.17. The fourth-order valence-corrected chi connectivity index (χ4v) is 7.01. The second-order valence-electron chi connectivity index (χ2n) is 13.0. The Morgan fingerprint density at radius 2 is 1.00 bits per heavy atom. The number of anilines is 3. The van der Waals surface area contributed by atoms with E-state index in [0.717, 1.165) is 67.7 Å². The van der Waals surface area contributed by atoms with Gasteiger partial charge >= 0.3 is 0 Å². The van der Waals surface area contributed by atoms with Crippen LogP contribution in [0.5, 0.6) is 0 Å². The Kier molecular flexibility index (Phi) is 8.35. The smallest absolute Gasteiger partial charge is 0.164 e. The Balaban J connectivity index is 0.947. The first-order valence-electron chi connectivity index (χ1n) is 17.8. The number of hydrogen-bond acceptors (Lipinski definition) is 4. The van der Waals surface area contributed by atoms with Gasteiger partial charge < -0.3 is 4.90 Å². The summed E-state index contributed by atoms with van der Waals surface area (Å²) in [5.41, 5.74) is 14.8. The molecule has 252 valence electrons. The van der Waals surface area contributed by atoms with E-state index < -0.39 is 0 Å². The SMILES string of the molecule is Cc1cc(-c2ccc(N(c3ccccc3)c3ccccc3)cc2)ccc1-c1ccc(-c2ccc(-c3nc4ccccc4n3-c3ccccc3)nc2)nc1. The van der Waals surface area contributed by atoms with Crippen LogP contribution in [0.4, 0.5) is 17.1 Å². The van der Waals surface area contributed by atoms with Gasteiger partial charge in [-0.1, -0.05) is 103 Å². The average Bonchev–Trinajstić information content (AvgIpc) is 3.62. The minimum Gasteiger partial charge on any atom is -0.311 e. The molecule has 0 fully saturated rings. The molecule has 5 nitrogen and oxygen atoms in total. The monoisotopic (exact) mass is 681 g/mol. The highest BCUT2D eigenvalue weighted by molar-refractivity contribution is 5.83. The first-order valence-corrected chi connectivity index (χ1v) is 17.8. The molecule has 0 saturated heterocycles. The summed E-state index contributed by atoms with van der Waals surface area (Å²) < 4.78 is 2.17. The number of hydrogen-bond donors (Lipinski definition) is 0. The molecule has 0 aliphatic rings. The summed E-state index contributed by atoms with van der Waals surface area (Å²) in [6.07, 6.45) is 3.84. The highest BCUT2D eigenvalue weighted by atomic mass is 15.1. The Labute approximate surface area is 309 Å². The molecular weight excluding hydrogens is 647 g/mol. The summed E-state index contributed by atoms with van der Waals surface area (Å²) in [7, 11) is 0. The Morgan fingerprint density at radius 3 is 1.64 bits per heavy atom. The zero-order valence-corrected chi connectivity index (χ0v) is 29.2. The van der Waals surface area contributed by atoms with E-state index in [9.17, 15) is 0 Å². The van der Waals surface area contributed by atoms with Crippen LogP contribution in [-0.4, -0.2) is 19.5 Å². The van der Waals surface area contributed by atoms with Gasteiger partial charge in [0.1, 0.15) is 5.69 Å². The minimum atomic E-state index is 0.806. The Morgan fingerprint density at radius 1 is 0.453 bits per heavy atom. The van der Waals surface area contributed by atoms with Crippen LogP contribution < -0.4 is 4.90 Å². The van der Waals surface area contributed by atoms with Gasteiger partial charge in [0.2, 0.25) is 0 Å². The molecule has 53 heavy (non-hydrogen) atoms. The van der Waals surface area contributed by atoms with E-state index in [1.807, 2.05) is 67.0 Å². The Hall–Kier alpha value is -7.11. The maximum absolute atomic E-state index is 4.96. The molecule has 9 aromatic rings. The van der Waals surface area contributed by atoms with Crippen LogP contribution in [0.25, 0.3) is 61.8 Å². The van der Waals surface area contributed by atoms with E-state index in [2.05, 4.69) is 144 Å². The number of aryl methyl sites for hydroxylation is 1. The van der Waals surface area contributed by atoms with Crippen molar-refractivity contribution in [2.45, 2.75) is 6.92 Å². The lowest BCUT2D eigenvalue weighted by atomic mass is 9.96. The molecule has 0 saturated carbocycles. The quantitative estimate of drug-likeness (QED) is 0.160. The van der Waals surface area contributed by atoms with E-state index in [4.69, 9.17) is 15.0 Å². The largest absolute Gasteiger partial charge is 0.311 e. The van der Waals surface area contributed by atoms with Gasteiger partial charge in [0, 0.05) is 46.3 Å². The van der Waals surface area contributed by atoms with Crippen molar-refractivity contribution in [1.29, 1.82) is 0 Å². The number of fused-ring (bicyclic) bond motifs is 1. The van der Waals surface area contributed by atoms with Gasteiger partial charge in [-0.15, -0.1) is 0 Å². The number of para-hydroxylation sites is 5. The molecule has 0 bridgehead atoms. The van der Waals surface area contributed by atoms with E-state index in [-0.39, 0.29) is 0 Å². The van der Waals surface area contributed by atoms with Gasteiger partial charge in [-0.3, -0.25) is 14.5 Å². The van der Waals surface area contributed by atoms with E-state index in [1.54, 1.807) is 0 Å². The zero-order chi connectivity index (χ0) is 35.6. The number of imidazole rings is 1. The van der Waals surface area contributed by atoms with Gasteiger partial charge in [-0.2, -0.15) is 0 Å². The van der Waals surface area contributed by atoms with Crippen LogP contribution in [0.2, 0.25) is 0 Å². The number of pyridine rings is 2. The number of aromatic nitrogens is 4. The topological polar surface area (TPSA) is 46.8 Å². The van der Waals surface area contributed by atoms with Crippen molar-refractivity contribution in [2.75, 3.05) is 4.90 Å². The van der Waals surface area contributed by atoms with Crippen LogP contribution in [-0.2, 0) is 0 Å². The lowest BCUT2D eigenvalue weighted by Crippen LogP contribution is -2.09. The van der Waals surface area contributed by atoms with Crippen molar-refractivity contribution in [3.63, 3.8) is 0 Å². The summed E-state index contributed by atoms with van der Waals surface area (Å²) in [5.74, 6) is 0.809. The highest BCUT2D eigenvalue weighted by Gasteiger charge is 2.16. The van der Waals surface area contributed by atoms with Gasteiger partial charge in [-0.25, -0.2) is 4.98 Å². The van der Waals surface area contributed by atoms with E-state index >= 15 is 0 Å². The van der Waals surface area contributed by atoms with Gasteiger partial charge in [0.05, 0.1) is 16.7 Å². The van der Waals surface area contributed by atoms with Crippen molar-refractivity contribution in [2.24, 2.45) is 0 Å². The summed E-state index contributed by atoms with van der Waals surface area (Å²) in [6, 6.07) is 63.2. The number of nitrogens with zero attached hydrogens (tertiary/aromatic N) is 5. The minimum absolute atomic E-state index is 0.806. The molecule has 0 aliphatic heterocycles. The second-order valence-corrected chi connectivity index (χ2v) is 13.0. The maximum Gasteiger partial charge on any atom is 0.164 e. The third-order valence-corrected chi connectivity index (χ3v) is 9.65. The molecule has 3 heterocycles. The molecule has 0 radical (unpaired) electrons. The maximum atomic E-state index is 4.96. The molecule has 9 rings (SSSR count). The average molecular weight is 682 g/mol. The highest BCUT2D eigenvalue weighted by Crippen LogP contribution is 2.36. The van der Waals surface area contributed by atoms with Crippen molar-refractivity contribution >= 4 is 28.1 Å². The standard InChI is InChI=1S/C48H35N5/c1-34-31-36(35-21-26-42(27-22-35)52(39-13-5-2-6-14-39)40-15-7-3-8-16-40)23-28-43(34)37-24-29-44(49-32-37)38-25-30-46(50-33-38)48-51-45-19-11-12-20-47(45)53(48)41-17-9-4-10-18-41/h2-33H,1H3. The lowest BCUT2D eigenvalue weighted by Gasteiger charge is -2.25. The molecule has 0 aliphatic carbocycles. The van der Waals surface area contributed by atoms with Crippen LogP contribution in [0, 0.1) is 6.92 Å². The van der Waals surface area contributed by atoms with E-state index in [1.165, 1.54) is 16.7 Å². The van der Waals surface area contributed by atoms with Crippen LogP contribution >= 0.6 is 0 Å². The number of rotatable bonds is 8. The van der Waals surface area contributed by atoms with Crippen LogP contribution in [0.1, 0.15) is 5.56 Å². The third kappa shape index (κ3) is 6.26. The van der Waals surface area contributed by atoms with Crippen molar-refractivity contribution in [3.05, 3.63) is 200 Å². The van der Waals surface area contributed by atoms with Crippen molar-refractivity contribution in [3.8, 4) is 50.7 Å². The molecular formula is C48H35N5. The summed E-state index contributed by atoms with van der Waals surface area (Å²) in [5, 5.41) is 0. The predicted octanol–water partition coefficient (Wildman–Crippen LogP) is 12.3. The first-order chi connectivity index (χ1) is 26.2. The normalized spacial score (nSPS) is 11.1. The second kappa shape index (κ2) is 13.9. The predicted molar refractivity (Wildman–Crippen MR) is 218 cm³/mol. The molecule has 6 aromatic carbocycles. The molecule has 0 spiro atoms. The van der Waals surface area contributed by atoms with Crippen LogP contribution in [0.3, 0.4) is 0 Å². The van der Waals surface area contributed by atoms with Gasteiger partial charge in [0.15, 0.2) is 5.82 Å². The fourth-order valence-electron chi connectivity index (χ4n) is 7.01. The van der Waals surface area contributed by atoms with Crippen LogP contribution in [0.15, 0.2) is 194 Å². The summed E-state index contributed by atoms with van der Waals surface area (Å²) >= 11 is 0. The molecule has 5 heteroatoms. The van der Waals surface area contributed by atoms with Crippen molar-refractivity contribution < 1.29 is 0 Å². The van der Waals surface area contributed by atoms with Crippen molar-refractivity contribution in [1.82, 2.24) is 19.5 Å². The first kappa shape index (κ1) is 31.8.